The van der Waals surface area contributed by atoms with E-state index in [0.29, 0.717) is 13.0 Å². The standard InChI is InChI=1S/C13H16N4O/c1-10-6-12(17(2)16-10)7-13(18)15-9-11-4-3-5-14-8-11/h3-6,8H,7,9H2,1-2H3,(H,15,18). The van der Waals surface area contributed by atoms with Crippen LogP contribution in [0.1, 0.15) is 17.0 Å². The van der Waals surface area contributed by atoms with Crippen LogP contribution in [0.3, 0.4) is 0 Å². The molecule has 1 N–H and O–H groups in total. The zero-order chi connectivity index (χ0) is 13.0. The van der Waals surface area contributed by atoms with E-state index in [9.17, 15) is 4.79 Å². The van der Waals surface area contributed by atoms with Gasteiger partial charge in [-0.1, -0.05) is 6.07 Å². The first-order chi connectivity index (χ1) is 8.65. The number of hydrogen-bond donors (Lipinski definition) is 1. The Labute approximate surface area is 106 Å². The molecular weight excluding hydrogens is 228 g/mol. The molecule has 0 saturated carbocycles. The summed E-state index contributed by atoms with van der Waals surface area (Å²) in [4.78, 5) is 15.8. The zero-order valence-corrected chi connectivity index (χ0v) is 10.6. The Balaban J connectivity index is 1.88. The quantitative estimate of drug-likeness (QED) is 0.872. The number of aromatic nitrogens is 3. The van der Waals surface area contributed by atoms with Crippen LogP contribution in [0.5, 0.6) is 0 Å². The Morgan fingerprint density at radius 3 is 2.94 bits per heavy atom. The SMILES string of the molecule is Cc1cc(CC(=O)NCc2cccnc2)n(C)n1. The Morgan fingerprint density at radius 1 is 1.50 bits per heavy atom. The Morgan fingerprint density at radius 2 is 2.33 bits per heavy atom. The molecule has 2 rings (SSSR count). The molecule has 0 spiro atoms. The minimum atomic E-state index is -0.0122. The molecular formula is C13H16N4O. The number of rotatable bonds is 4. The highest BCUT2D eigenvalue weighted by Crippen LogP contribution is 2.03. The van der Waals surface area contributed by atoms with Crippen molar-refractivity contribution >= 4 is 5.91 Å². The summed E-state index contributed by atoms with van der Waals surface area (Å²) in [5.74, 6) is -0.0122. The highest BCUT2D eigenvalue weighted by Gasteiger charge is 2.07. The zero-order valence-electron chi connectivity index (χ0n) is 10.6. The molecule has 0 fully saturated rings. The van der Waals surface area contributed by atoms with Gasteiger partial charge < -0.3 is 5.32 Å². The minimum absolute atomic E-state index is 0.0122. The van der Waals surface area contributed by atoms with Crippen LogP contribution in [-0.2, 0) is 24.8 Å². The number of carbonyl (C=O) groups excluding carboxylic acids is 1. The fraction of sp³-hybridized carbons (Fsp3) is 0.308. The number of hydrogen-bond acceptors (Lipinski definition) is 3. The molecule has 0 radical (unpaired) electrons. The summed E-state index contributed by atoms with van der Waals surface area (Å²) in [6, 6.07) is 5.71. The van der Waals surface area contributed by atoms with Gasteiger partial charge in [0.1, 0.15) is 0 Å². The van der Waals surface area contributed by atoms with Crippen molar-refractivity contribution in [2.24, 2.45) is 7.05 Å². The Hall–Kier alpha value is -2.17. The molecule has 5 nitrogen and oxygen atoms in total. The van der Waals surface area contributed by atoms with Gasteiger partial charge in [0.15, 0.2) is 0 Å². The molecule has 0 aliphatic rings. The maximum Gasteiger partial charge on any atom is 0.226 e. The van der Waals surface area contributed by atoms with Crippen LogP contribution in [0.25, 0.3) is 0 Å². The number of pyridine rings is 1. The fourth-order valence-electron chi connectivity index (χ4n) is 1.76. The summed E-state index contributed by atoms with van der Waals surface area (Å²) in [7, 11) is 1.84. The molecule has 0 bridgehead atoms. The van der Waals surface area contributed by atoms with Crippen molar-refractivity contribution < 1.29 is 4.79 Å². The summed E-state index contributed by atoms with van der Waals surface area (Å²) >= 11 is 0. The van der Waals surface area contributed by atoms with Crippen molar-refractivity contribution in [3.63, 3.8) is 0 Å². The molecule has 2 heterocycles. The molecule has 0 unspecified atom stereocenters. The number of carbonyl (C=O) groups is 1. The van der Waals surface area contributed by atoms with Gasteiger partial charge in [-0.2, -0.15) is 5.10 Å². The van der Waals surface area contributed by atoms with E-state index in [4.69, 9.17) is 0 Å². The predicted molar refractivity (Wildman–Crippen MR) is 67.7 cm³/mol. The molecule has 0 atom stereocenters. The summed E-state index contributed by atoms with van der Waals surface area (Å²) in [6.07, 6.45) is 3.80. The first-order valence-corrected chi connectivity index (χ1v) is 5.80. The van der Waals surface area contributed by atoms with Gasteiger partial charge in [0.25, 0.3) is 0 Å². The van der Waals surface area contributed by atoms with E-state index in [-0.39, 0.29) is 5.91 Å². The van der Waals surface area contributed by atoms with Crippen LogP contribution in [0.15, 0.2) is 30.6 Å². The van der Waals surface area contributed by atoms with Crippen LogP contribution in [0.4, 0.5) is 0 Å². The topological polar surface area (TPSA) is 59.8 Å². The maximum atomic E-state index is 11.8. The molecule has 2 aromatic heterocycles. The fourth-order valence-corrected chi connectivity index (χ4v) is 1.76. The highest BCUT2D eigenvalue weighted by atomic mass is 16.1. The molecule has 94 valence electrons. The average Bonchev–Trinajstić information content (AvgIpc) is 2.67. The molecule has 1 amide bonds. The van der Waals surface area contributed by atoms with Crippen molar-refractivity contribution in [1.82, 2.24) is 20.1 Å². The van der Waals surface area contributed by atoms with Gasteiger partial charge in [0, 0.05) is 31.7 Å². The van der Waals surface area contributed by atoms with Crippen molar-refractivity contribution in [1.29, 1.82) is 0 Å². The molecule has 0 saturated heterocycles. The van der Waals surface area contributed by atoms with Crippen LogP contribution in [0, 0.1) is 6.92 Å². The van der Waals surface area contributed by atoms with Crippen molar-refractivity contribution in [2.45, 2.75) is 19.9 Å². The third kappa shape index (κ3) is 3.16. The summed E-state index contributed by atoms with van der Waals surface area (Å²) in [5.41, 5.74) is 2.83. The highest BCUT2D eigenvalue weighted by molar-refractivity contribution is 5.78. The lowest BCUT2D eigenvalue weighted by molar-refractivity contribution is -0.120. The predicted octanol–water partition coefficient (Wildman–Crippen LogP) is 0.982. The van der Waals surface area contributed by atoms with Crippen LogP contribution in [-0.4, -0.2) is 20.7 Å². The van der Waals surface area contributed by atoms with E-state index in [1.807, 2.05) is 32.2 Å². The largest absolute Gasteiger partial charge is 0.352 e. The molecule has 0 aromatic carbocycles. The van der Waals surface area contributed by atoms with Crippen molar-refractivity contribution in [3.8, 4) is 0 Å². The monoisotopic (exact) mass is 244 g/mol. The lowest BCUT2D eigenvalue weighted by Gasteiger charge is -2.05. The van der Waals surface area contributed by atoms with E-state index in [1.54, 1.807) is 17.1 Å². The van der Waals surface area contributed by atoms with E-state index < -0.39 is 0 Å². The van der Waals surface area contributed by atoms with Gasteiger partial charge in [-0.3, -0.25) is 14.5 Å². The Kier molecular flexibility index (Phi) is 3.72. The molecule has 18 heavy (non-hydrogen) atoms. The first kappa shape index (κ1) is 12.3. The van der Waals surface area contributed by atoms with E-state index in [2.05, 4.69) is 15.4 Å². The maximum absolute atomic E-state index is 11.8. The lowest BCUT2D eigenvalue weighted by atomic mass is 10.2. The summed E-state index contributed by atoms with van der Waals surface area (Å²) in [6.45, 7) is 2.42. The van der Waals surface area contributed by atoms with E-state index in [0.717, 1.165) is 17.0 Å². The number of nitrogens with one attached hydrogen (secondary N) is 1. The van der Waals surface area contributed by atoms with E-state index in [1.165, 1.54) is 0 Å². The average molecular weight is 244 g/mol. The van der Waals surface area contributed by atoms with Crippen molar-refractivity contribution in [2.75, 3.05) is 0 Å². The van der Waals surface area contributed by atoms with Gasteiger partial charge in [0.05, 0.1) is 12.1 Å². The number of nitrogens with zero attached hydrogens (tertiary/aromatic N) is 3. The molecule has 2 aromatic rings. The Bertz CT molecular complexity index is 533. The molecule has 0 aliphatic heterocycles. The normalized spacial score (nSPS) is 10.3. The van der Waals surface area contributed by atoms with Crippen molar-refractivity contribution in [3.05, 3.63) is 47.5 Å². The van der Waals surface area contributed by atoms with Crippen LogP contribution in [0.2, 0.25) is 0 Å². The summed E-state index contributed by atoms with van der Waals surface area (Å²) < 4.78 is 1.74. The van der Waals surface area contributed by atoms with Gasteiger partial charge in [0.2, 0.25) is 5.91 Å². The second kappa shape index (κ2) is 5.44. The minimum Gasteiger partial charge on any atom is -0.352 e. The third-order valence-corrected chi connectivity index (χ3v) is 2.65. The van der Waals surface area contributed by atoms with Gasteiger partial charge in [-0.15, -0.1) is 0 Å². The van der Waals surface area contributed by atoms with Crippen LogP contribution >= 0.6 is 0 Å². The lowest BCUT2D eigenvalue weighted by Crippen LogP contribution is -2.25. The van der Waals surface area contributed by atoms with Crippen LogP contribution < -0.4 is 5.32 Å². The van der Waals surface area contributed by atoms with Gasteiger partial charge in [-0.25, -0.2) is 0 Å². The second-order valence-corrected chi connectivity index (χ2v) is 4.22. The third-order valence-electron chi connectivity index (χ3n) is 2.65. The second-order valence-electron chi connectivity index (χ2n) is 4.22. The molecule has 5 heteroatoms. The van der Waals surface area contributed by atoms with Gasteiger partial charge >= 0.3 is 0 Å². The summed E-state index contributed by atoms with van der Waals surface area (Å²) in [5, 5.41) is 7.07. The van der Waals surface area contributed by atoms with Gasteiger partial charge in [-0.05, 0) is 24.6 Å². The number of amides is 1. The first-order valence-electron chi connectivity index (χ1n) is 5.80. The number of aryl methyl sites for hydroxylation is 2. The smallest absolute Gasteiger partial charge is 0.226 e. The van der Waals surface area contributed by atoms with E-state index >= 15 is 0 Å². The molecule has 0 aliphatic carbocycles.